The molecule has 0 spiro atoms. The van der Waals surface area contributed by atoms with Crippen molar-refractivity contribution < 1.29 is 0 Å². The fraction of sp³-hybridized carbons (Fsp3) is 0.500. The molecule has 0 saturated heterocycles. The summed E-state index contributed by atoms with van der Waals surface area (Å²) in [6.45, 7) is 8.18. The number of allylic oxidation sites excluding steroid dienone is 1. The lowest BCUT2D eigenvalue weighted by atomic mass is 10.1. The molecular formula is C12H19NS. The van der Waals surface area contributed by atoms with Crippen LogP contribution in [0, 0.1) is 0 Å². The summed E-state index contributed by atoms with van der Waals surface area (Å²) in [5.41, 5.74) is 0. The summed E-state index contributed by atoms with van der Waals surface area (Å²) in [7, 11) is 0. The third-order valence-electron chi connectivity index (χ3n) is 2.31. The molecule has 0 amide bonds. The van der Waals surface area contributed by atoms with Gasteiger partial charge in [-0.2, -0.15) is 0 Å². The van der Waals surface area contributed by atoms with E-state index < -0.39 is 0 Å². The zero-order valence-corrected chi connectivity index (χ0v) is 9.81. The second kappa shape index (κ2) is 5.99. The van der Waals surface area contributed by atoms with Gasteiger partial charge in [-0.1, -0.05) is 12.1 Å². The van der Waals surface area contributed by atoms with Gasteiger partial charge in [0.25, 0.3) is 0 Å². The molecule has 0 aliphatic rings. The summed E-state index contributed by atoms with van der Waals surface area (Å²) in [5.74, 6) is 0. The van der Waals surface area contributed by atoms with Gasteiger partial charge in [0.2, 0.25) is 0 Å². The lowest BCUT2D eigenvalue weighted by Crippen LogP contribution is -2.28. The highest BCUT2D eigenvalue weighted by Gasteiger charge is 2.08. The standard InChI is InChI=1S/C12H19NS/c1-4-5-7-10(2)13-11(3)12-8-6-9-14-12/h4,6,8-11,13H,1,5,7H2,2-3H3. The van der Waals surface area contributed by atoms with E-state index >= 15 is 0 Å². The predicted octanol–water partition coefficient (Wildman–Crippen LogP) is 3.75. The zero-order valence-electron chi connectivity index (χ0n) is 8.99. The maximum Gasteiger partial charge on any atom is 0.0388 e. The fourth-order valence-electron chi connectivity index (χ4n) is 1.50. The van der Waals surface area contributed by atoms with Crippen molar-refractivity contribution in [3.63, 3.8) is 0 Å². The molecule has 2 heteroatoms. The average molecular weight is 209 g/mol. The van der Waals surface area contributed by atoms with Crippen LogP contribution in [0.15, 0.2) is 30.2 Å². The molecule has 14 heavy (non-hydrogen) atoms. The first-order valence-electron chi connectivity index (χ1n) is 5.14. The van der Waals surface area contributed by atoms with E-state index in [2.05, 4.69) is 43.3 Å². The normalized spacial score (nSPS) is 15.0. The van der Waals surface area contributed by atoms with Gasteiger partial charge in [-0.15, -0.1) is 17.9 Å². The minimum absolute atomic E-state index is 0.467. The first-order chi connectivity index (χ1) is 6.74. The Morgan fingerprint density at radius 1 is 1.57 bits per heavy atom. The lowest BCUT2D eigenvalue weighted by Gasteiger charge is -2.18. The minimum atomic E-state index is 0.467. The Morgan fingerprint density at radius 2 is 2.36 bits per heavy atom. The average Bonchev–Trinajstić information content (AvgIpc) is 2.67. The molecule has 1 aromatic heterocycles. The monoisotopic (exact) mass is 209 g/mol. The van der Waals surface area contributed by atoms with Crippen molar-refractivity contribution in [2.24, 2.45) is 0 Å². The summed E-state index contributed by atoms with van der Waals surface area (Å²) < 4.78 is 0. The second-order valence-corrected chi connectivity index (χ2v) is 4.65. The van der Waals surface area contributed by atoms with E-state index in [0.717, 1.165) is 6.42 Å². The maximum absolute atomic E-state index is 3.74. The smallest absolute Gasteiger partial charge is 0.0388 e. The van der Waals surface area contributed by atoms with Crippen LogP contribution < -0.4 is 5.32 Å². The quantitative estimate of drug-likeness (QED) is 0.704. The number of nitrogens with one attached hydrogen (secondary N) is 1. The van der Waals surface area contributed by atoms with Crippen LogP contribution in [0.4, 0.5) is 0 Å². The van der Waals surface area contributed by atoms with E-state index in [4.69, 9.17) is 0 Å². The SMILES string of the molecule is C=CCCC(C)NC(C)c1cccs1. The van der Waals surface area contributed by atoms with E-state index in [1.807, 2.05) is 17.4 Å². The van der Waals surface area contributed by atoms with Gasteiger partial charge in [-0.25, -0.2) is 0 Å². The van der Waals surface area contributed by atoms with Gasteiger partial charge < -0.3 is 5.32 Å². The Morgan fingerprint density at radius 3 is 2.93 bits per heavy atom. The minimum Gasteiger partial charge on any atom is -0.307 e. The number of rotatable bonds is 6. The van der Waals surface area contributed by atoms with Crippen molar-refractivity contribution in [2.75, 3.05) is 0 Å². The van der Waals surface area contributed by atoms with Crippen LogP contribution in [0.2, 0.25) is 0 Å². The Hall–Kier alpha value is -0.600. The van der Waals surface area contributed by atoms with Gasteiger partial charge in [0.15, 0.2) is 0 Å². The van der Waals surface area contributed by atoms with Gasteiger partial charge in [-0.05, 0) is 38.1 Å². The van der Waals surface area contributed by atoms with E-state index in [1.54, 1.807) is 0 Å². The van der Waals surface area contributed by atoms with Gasteiger partial charge >= 0.3 is 0 Å². The third kappa shape index (κ3) is 3.64. The molecule has 1 heterocycles. The molecule has 0 aliphatic heterocycles. The molecule has 0 aromatic carbocycles. The van der Waals surface area contributed by atoms with Crippen LogP contribution in [0.1, 0.15) is 37.6 Å². The lowest BCUT2D eigenvalue weighted by molar-refractivity contribution is 0.463. The molecule has 1 rings (SSSR count). The summed E-state index contributed by atoms with van der Waals surface area (Å²) in [5, 5.41) is 5.71. The molecule has 2 unspecified atom stereocenters. The molecule has 1 N–H and O–H groups in total. The summed E-state index contributed by atoms with van der Waals surface area (Å²) in [6.07, 6.45) is 4.23. The maximum atomic E-state index is 3.74. The first kappa shape index (κ1) is 11.5. The van der Waals surface area contributed by atoms with E-state index in [1.165, 1.54) is 11.3 Å². The number of hydrogen-bond donors (Lipinski definition) is 1. The Balaban J connectivity index is 2.33. The first-order valence-corrected chi connectivity index (χ1v) is 6.02. The van der Waals surface area contributed by atoms with E-state index in [0.29, 0.717) is 12.1 Å². The molecule has 0 radical (unpaired) electrons. The number of thiophene rings is 1. The summed E-state index contributed by atoms with van der Waals surface area (Å²) >= 11 is 1.81. The second-order valence-electron chi connectivity index (χ2n) is 3.67. The molecule has 0 aliphatic carbocycles. The molecule has 0 fully saturated rings. The van der Waals surface area contributed by atoms with Crippen LogP contribution in [-0.4, -0.2) is 6.04 Å². The highest BCUT2D eigenvalue weighted by atomic mass is 32.1. The van der Waals surface area contributed by atoms with Crippen LogP contribution >= 0.6 is 11.3 Å². The Kier molecular flexibility index (Phi) is 4.91. The van der Waals surface area contributed by atoms with Crippen molar-refractivity contribution in [3.05, 3.63) is 35.0 Å². The van der Waals surface area contributed by atoms with Gasteiger partial charge in [0.1, 0.15) is 0 Å². The Labute approximate surface area is 90.9 Å². The molecular weight excluding hydrogens is 190 g/mol. The third-order valence-corrected chi connectivity index (χ3v) is 3.36. The van der Waals surface area contributed by atoms with Gasteiger partial charge in [-0.3, -0.25) is 0 Å². The molecule has 1 nitrogen and oxygen atoms in total. The molecule has 0 saturated carbocycles. The Bertz CT molecular complexity index is 253. The zero-order chi connectivity index (χ0) is 10.4. The van der Waals surface area contributed by atoms with Gasteiger partial charge in [0, 0.05) is 17.0 Å². The van der Waals surface area contributed by atoms with Crippen LogP contribution in [0.5, 0.6) is 0 Å². The number of hydrogen-bond acceptors (Lipinski definition) is 2. The largest absolute Gasteiger partial charge is 0.307 e. The molecule has 78 valence electrons. The van der Waals surface area contributed by atoms with Crippen molar-refractivity contribution in [2.45, 2.75) is 38.8 Å². The molecule has 0 bridgehead atoms. The highest BCUT2D eigenvalue weighted by molar-refractivity contribution is 7.10. The molecule has 2 atom stereocenters. The van der Waals surface area contributed by atoms with Crippen LogP contribution in [0.25, 0.3) is 0 Å². The summed E-state index contributed by atoms with van der Waals surface area (Å²) in [4.78, 5) is 1.41. The fourth-order valence-corrected chi connectivity index (χ4v) is 2.24. The van der Waals surface area contributed by atoms with E-state index in [-0.39, 0.29) is 0 Å². The van der Waals surface area contributed by atoms with Crippen molar-refractivity contribution >= 4 is 11.3 Å². The molecule has 1 aromatic rings. The highest BCUT2D eigenvalue weighted by Crippen LogP contribution is 2.19. The van der Waals surface area contributed by atoms with Crippen LogP contribution in [-0.2, 0) is 0 Å². The van der Waals surface area contributed by atoms with Crippen LogP contribution in [0.3, 0.4) is 0 Å². The van der Waals surface area contributed by atoms with Crippen molar-refractivity contribution in [1.29, 1.82) is 0 Å². The van der Waals surface area contributed by atoms with Gasteiger partial charge in [0.05, 0.1) is 0 Å². The van der Waals surface area contributed by atoms with Crippen molar-refractivity contribution in [3.8, 4) is 0 Å². The predicted molar refractivity (Wildman–Crippen MR) is 64.8 cm³/mol. The van der Waals surface area contributed by atoms with Crippen molar-refractivity contribution in [1.82, 2.24) is 5.32 Å². The van der Waals surface area contributed by atoms with E-state index in [9.17, 15) is 0 Å². The topological polar surface area (TPSA) is 12.0 Å². The summed E-state index contributed by atoms with van der Waals surface area (Å²) in [6, 6.07) is 5.31.